The van der Waals surface area contributed by atoms with Crippen LogP contribution in [0.15, 0.2) is 11.2 Å². The number of aromatic nitrogens is 1. The lowest BCUT2D eigenvalue weighted by Gasteiger charge is -2.36. The molecule has 1 aliphatic heterocycles. The monoisotopic (exact) mass is 401 g/mol. The summed E-state index contributed by atoms with van der Waals surface area (Å²) in [5.41, 5.74) is 5.40. The molecule has 2 aliphatic rings. The molecule has 3 rings (SSSR count). The van der Waals surface area contributed by atoms with Crippen molar-refractivity contribution in [3.8, 4) is 5.88 Å². The van der Waals surface area contributed by atoms with Gasteiger partial charge in [0, 0.05) is 44.0 Å². The molecule has 0 atom stereocenters. The third-order valence-electron chi connectivity index (χ3n) is 5.97. The van der Waals surface area contributed by atoms with Crippen molar-refractivity contribution < 1.29 is 4.74 Å². The molecule has 0 bridgehead atoms. The standard InChI is InChI=1S/C23H39N5O/c1-4-6-12-24-26-21-18-22(29-20-10-8-7-9-11-20)25-23(19(21)3)28-16-14-27(13-5-2)15-17-28/h12,18,20H,4-11,13-17H2,1-3H3,(H,25,26). The molecule has 6 heteroatoms. The lowest BCUT2D eigenvalue weighted by molar-refractivity contribution is 0.149. The van der Waals surface area contributed by atoms with E-state index < -0.39 is 0 Å². The molecule has 0 radical (unpaired) electrons. The first-order valence-corrected chi connectivity index (χ1v) is 11.6. The highest BCUT2D eigenvalue weighted by molar-refractivity contribution is 5.66. The van der Waals surface area contributed by atoms with Gasteiger partial charge < -0.3 is 9.64 Å². The minimum absolute atomic E-state index is 0.296. The Kier molecular flexibility index (Phi) is 8.59. The number of hydrazone groups is 1. The smallest absolute Gasteiger partial charge is 0.217 e. The first-order valence-electron chi connectivity index (χ1n) is 11.6. The number of piperazine rings is 1. The Bertz CT molecular complexity index is 649. The Balaban J connectivity index is 1.78. The molecule has 0 unspecified atom stereocenters. The molecule has 1 aromatic heterocycles. The number of anilines is 2. The highest BCUT2D eigenvalue weighted by Crippen LogP contribution is 2.32. The number of pyridine rings is 1. The van der Waals surface area contributed by atoms with Crippen LogP contribution in [0, 0.1) is 6.92 Å². The summed E-state index contributed by atoms with van der Waals surface area (Å²) >= 11 is 0. The van der Waals surface area contributed by atoms with Crippen LogP contribution < -0.4 is 15.1 Å². The van der Waals surface area contributed by atoms with E-state index in [-0.39, 0.29) is 0 Å². The molecule has 1 aliphatic carbocycles. The Morgan fingerprint density at radius 1 is 1.14 bits per heavy atom. The molecule has 1 N–H and O–H groups in total. The number of nitrogens with zero attached hydrogens (tertiary/aromatic N) is 4. The topological polar surface area (TPSA) is 53.0 Å². The maximum Gasteiger partial charge on any atom is 0.217 e. The van der Waals surface area contributed by atoms with Crippen LogP contribution in [-0.4, -0.2) is 54.9 Å². The van der Waals surface area contributed by atoms with Crippen LogP contribution in [0.3, 0.4) is 0 Å². The summed E-state index contributed by atoms with van der Waals surface area (Å²) in [4.78, 5) is 9.92. The molecule has 0 amide bonds. The molecule has 1 saturated carbocycles. The first-order chi connectivity index (χ1) is 14.2. The van der Waals surface area contributed by atoms with Crippen LogP contribution in [0.25, 0.3) is 0 Å². The predicted octanol–water partition coefficient (Wildman–Crippen LogP) is 4.83. The Hall–Kier alpha value is -1.82. The van der Waals surface area contributed by atoms with E-state index in [2.05, 4.69) is 41.1 Å². The number of rotatable bonds is 9. The molecule has 29 heavy (non-hydrogen) atoms. The molecule has 0 aromatic carbocycles. The van der Waals surface area contributed by atoms with E-state index in [0.29, 0.717) is 6.10 Å². The molecule has 1 saturated heterocycles. The predicted molar refractivity (Wildman–Crippen MR) is 122 cm³/mol. The van der Waals surface area contributed by atoms with Gasteiger partial charge in [-0.15, -0.1) is 0 Å². The number of hydrogen-bond acceptors (Lipinski definition) is 6. The quantitative estimate of drug-likeness (QED) is 0.474. The van der Waals surface area contributed by atoms with Gasteiger partial charge in [0.05, 0.1) is 5.69 Å². The van der Waals surface area contributed by atoms with Crippen molar-refractivity contribution in [1.82, 2.24) is 9.88 Å². The average Bonchev–Trinajstić information content (AvgIpc) is 2.75. The number of nitrogens with one attached hydrogen (secondary N) is 1. The summed E-state index contributed by atoms with van der Waals surface area (Å²) in [5.74, 6) is 1.78. The molecule has 6 nitrogen and oxygen atoms in total. The largest absolute Gasteiger partial charge is 0.474 e. The van der Waals surface area contributed by atoms with E-state index in [0.717, 1.165) is 74.8 Å². The third kappa shape index (κ3) is 6.33. The number of unbranched alkanes of at least 4 members (excludes halogenated alkanes) is 1. The van der Waals surface area contributed by atoms with Crippen molar-refractivity contribution in [2.24, 2.45) is 5.10 Å². The van der Waals surface area contributed by atoms with Crippen LogP contribution in [0.5, 0.6) is 5.88 Å². The van der Waals surface area contributed by atoms with Crippen LogP contribution >= 0.6 is 0 Å². The van der Waals surface area contributed by atoms with Gasteiger partial charge in [-0.1, -0.05) is 26.7 Å². The van der Waals surface area contributed by atoms with Crippen molar-refractivity contribution >= 4 is 17.7 Å². The molecular weight excluding hydrogens is 362 g/mol. The second kappa shape index (κ2) is 11.4. The molecule has 0 spiro atoms. The van der Waals surface area contributed by atoms with Crippen LogP contribution in [-0.2, 0) is 0 Å². The summed E-state index contributed by atoms with van der Waals surface area (Å²) in [6, 6.07) is 2.03. The normalized spacial score (nSPS) is 19.1. The second-order valence-corrected chi connectivity index (χ2v) is 8.38. The van der Waals surface area contributed by atoms with Gasteiger partial charge in [-0.3, -0.25) is 10.3 Å². The van der Waals surface area contributed by atoms with Gasteiger partial charge in [0.25, 0.3) is 0 Å². The highest BCUT2D eigenvalue weighted by Gasteiger charge is 2.23. The SMILES string of the molecule is CCCC=NNc1cc(OC2CCCCC2)nc(N2CCN(CCC)CC2)c1C. The van der Waals surface area contributed by atoms with E-state index in [1.807, 2.05) is 12.3 Å². The fraction of sp³-hybridized carbons (Fsp3) is 0.739. The lowest BCUT2D eigenvalue weighted by atomic mass is 9.98. The van der Waals surface area contributed by atoms with Crippen molar-refractivity contribution in [2.45, 2.75) is 78.2 Å². The summed E-state index contributed by atoms with van der Waals surface area (Å²) in [6.45, 7) is 12.0. The van der Waals surface area contributed by atoms with Crippen LogP contribution in [0.4, 0.5) is 11.5 Å². The Morgan fingerprint density at radius 2 is 1.90 bits per heavy atom. The molecular formula is C23H39N5O. The van der Waals surface area contributed by atoms with Crippen LogP contribution in [0.1, 0.15) is 70.8 Å². The van der Waals surface area contributed by atoms with Crippen molar-refractivity contribution in [1.29, 1.82) is 0 Å². The van der Waals surface area contributed by atoms with Gasteiger partial charge in [-0.05, 0) is 52.0 Å². The van der Waals surface area contributed by atoms with E-state index in [1.165, 1.54) is 32.2 Å². The molecule has 2 heterocycles. The minimum atomic E-state index is 0.296. The zero-order valence-electron chi connectivity index (χ0n) is 18.6. The highest BCUT2D eigenvalue weighted by atomic mass is 16.5. The molecule has 1 aromatic rings. The van der Waals surface area contributed by atoms with Gasteiger partial charge in [0.2, 0.25) is 5.88 Å². The average molecular weight is 402 g/mol. The fourth-order valence-electron chi connectivity index (χ4n) is 4.22. The maximum atomic E-state index is 6.33. The van der Waals surface area contributed by atoms with E-state index >= 15 is 0 Å². The Morgan fingerprint density at radius 3 is 2.59 bits per heavy atom. The van der Waals surface area contributed by atoms with E-state index in [1.54, 1.807) is 0 Å². The van der Waals surface area contributed by atoms with Gasteiger partial charge >= 0.3 is 0 Å². The number of ether oxygens (including phenoxy) is 1. The maximum absolute atomic E-state index is 6.33. The van der Waals surface area contributed by atoms with Crippen molar-refractivity contribution in [3.63, 3.8) is 0 Å². The summed E-state index contributed by atoms with van der Waals surface area (Å²) < 4.78 is 6.33. The van der Waals surface area contributed by atoms with Crippen molar-refractivity contribution in [2.75, 3.05) is 43.0 Å². The minimum Gasteiger partial charge on any atom is -0.474 e. The third-order valence-corrected chi connectivity index (χ3v) is 5.97. The zero-order chi connectivity index (χ0) is 20.5. The van der Waals surface area contributed by atoms with E-state index in [4.69, 9.17) is 9.72 Å². The molecule has 2 fully saturated rings. The van der Waals surface area contributed by atoms with Gasteiger partial charge in [0.15, 0.2) is 0 Å². The summed E-state index contributed by atoms with van der Waals surface area (Å²) in [7, 11) is 0. The lowest BCUT2D eigenvalue weighted by Crippen LogP contribution is -2.47. The zero-order valence-corrected chi connectivity index (χ0v) is 18.6. The molecule has 162 valence electrons. The second-order valence-electron chi connectivity index (χ2n) is 8.38. The van der Waals surface area contributed by atoms with Gasteiger partial charge in [0.1, 0.15) is 11.9 Å². The van der Waals surface area contributed by atoms with Gasteiger partial charge in [-0.25, -0.2) is 0 Å². The summed E-state index contributed by atoms with van der Waals surface area (Å²) in [6.07, 6.45) is 11.7. The number of hydrogen-bond donors (Lipinski definition) is 1. The van der Waals surface area contributed by atoms with E-state index in [9.17, 15) is 0 Å². The first kappa shape index (κ1) is 21.9. The fourth-order valence-corrected chi connectivity index (χ4v) is 4.22. The Labute approximate surface area is 176 Å². The summed E-state index contributed by atoms with van der Waals surface area (Å²) in [5, 5.41) is 4.42. The van der Waals surface area contributed by atoms with Gasteiger partial charge in [-0.2, -0.15) is 10.1 Å². The van der Waals surface area contributed by atoms with Crippen molar-refractivity contribution in [3.05, 3.63) is 11.6 Å². The van der Waals surface area contributed by atoms with Crippen LogP contribution in [0.2, 0.25) is 0 Å².